The number of piperidine rings is 1. The van der Waals surface area contributed by atoms with E-state index in [1.165, 1.54) is 5.70 Å². The highest BCUT2D eigenvalue weighted by atomic mass is 16.6. The van der Waals surface area contributed by atoms with Crippen LogP contribution in [0.2, 0.25) is 0 Å². The molecule has 2 atom stereocenters. The van der Waals surface area contributed by atoms with Crippen molar-refractivity contribution in [2.45, 2.75) is 71.4 Å². The molecule has 2 amide bonds. The molecule has 2 unspecified atom stereocenters. The van der Waals surface area contributed by atoms with E-state index in [4.69, 9.17) is 4.74 Å². The second kappa shape index (κ2) is 7.60. The molecule has 4 aliphatic rings. The van der Waals surface area contributed by atoms with Crippen LogP contribution in [0.15, 0.2) is 11.8 Å². The molecule has 28 heavy (non-hydrogen) atoms. The van der Waals surface area contributed by atoms with Gasteiger partial charge in [0.2, 0.25) is 5.91 Å². The van der Waals surface area contributed by atoms with Gasteiger partial charge in [-0.25, -0.2) is 4.79 Å². The van der Waals surface area contributed by atoms with Gasteiger partial charge >= 0.3 is 6.09 Å². The van der Waals surface area contributed by atoms with Gasteiger partial charge in [-0.2, -0.15) is 0 Å². The van der Waals surface area contributed by atoms with Gasteiger partial charge in [0.15, 0.2) is 0 Å². The van der Waals surface area contributed by atoms with E-state index in [0.29, 0.717) is 18.4 Å². The number of carbonyl (C=O) groups excluding carboxylic acids is 2. The summed E-state index contributed by atoms with van der Waals surface area (Å²) < 4.78 is 5.26. The summed E-state index contributed by atoms with van der Waals surface area (Å²) in [5.41, 5.74) is 1.60. The molecule has 0 saturated carbocycles. The number of carbonyl (C=O) groups is 2. The molecule has 0 radical (unpaired) electrons. The van der Waals surface area contributed by atoms with Gasteiger partial charge in [0.05, 0.1) is 12.6 Å². The molecular weight excluding hydrogens is 354 g/mol. The Balaban J connectivity index is 1.37. The number of amides is 2. The normalized spacial score (nSPS) is 29.1. The summed E-state index contributed by atoms with van der Waals surface area (Å²) >= 11 is 0. The minimum absolute atomic E-state index is 0.155. The van der Waals surface area contributed by atoms with E-state index in [0.717, 1.165) is 64.7 Å². The zero-order valence-corrected chi connectivity index (χ0v) is 17.7. The Hall–Kier alpha value is -1.72. The lowest BCUT2D eigenvalue weighted by Crippen LogP contribution is -2.47. The maximum absolute atomic E-state index is 12.5. The third-order valence-electron chi connectivity index (χ3n) is 7.08. The topological polar surface area (TPSA) is 53.1 Å². The fraction of sp³-hybridized carbons (Fsp3) is 0.818. The maximum Gasteiger partial charge on any atom is 0.410 e. The number of nitrogens with zero attached hydrogens (tertiary/aromatic N) is 3. The Morgan fingerprint density at radius 3 is 2.68 bits per heavy atom. The first-order chi connectivity index (χ1) is 13.4. The van der Waals surface area contributed by atoms with Gasteiger partial charge in [0, 0.05) is 56.2 Å². The Morgan fingerprint density at radius 2 is 2.04 bits per heavy atom. The van der Waals surface area contributed by atoms with Crippen molar-refractivity contribution in [1.82, 2.24) is 14.7 Å². The molecule has 156 valence electrons. The van der Waals surface area contributed by atoms with E-state index in [2.05, 4.69) is 29.7 Å². The SMILES string of the molecule is CCOC(=O)N1C2C=C(N3CCC4(CC3)CC(=O)N(CC(C)C)C4)CC1CC2. The smallest absolute Gasteiger partial charge is 0.410 e. The van der Waals surface area contributed by atoms with E-state index < -0.39 is 0 Å². The van der Waals surface area contributed by atoms with Crippen LogP contribution in [0.3, 0.4) is 0 Å². The average molecular weight is 390 g/mol. The Morgan fingerprint density at radius 1 is 1.29 bits per heavy atom. The highest BCUT2D eigenvalue weighted by Crippen LogP contribution is 2.44. The molecule has 1 spiro atoms. The number of hydrogen-bond donors (Lipinski definition) is 0. The first kappa shape index (κ1) is 19.6. The van der Waals surface area contributed by atoms with Crippen LogP contribution in [-0.2, 0) is 9.53 Å². The molecule has 2 bridgehead atoms. The number of ether oxygens (including phenoxy) is 1. The lowest BCUT2D eigenvalue weighted by Gasteiger charge is -2.43. The van der Waals surface area contributed by atoms with Crippen LogP contribution >= 0.6 is 0 Å². The summed E-state index contributed by atoms with van der Waals surface area (Å²) in [6.45, 7) is 10.6. The first-order valence-corrected chi connectivity index (χ1v) is 11.1. The van der Waals surface area contributed by atoms with Crippen LogP contribution in [0.5, 0.6) is 0 Å². The van der Waals surface area contributed by atoms with Gasteiger partial charge in [-0.3, -0.25) is 9.69 Å². The molecule has 0 aromatic carbocycles. The van der Waals surface area contributed by atoms with Gasteiger partial charge in [0.25, 0.3) is 0 Å². The number of likely N-dealkylation sites (tertiary alicyclic amines) is 2. The van der Waals surface area contributed by atoms with Crippen LogP contribution < -0.4 is 0 Å². The number of rotatable bonds is 4. The summed E-state index contributed by atoms with van der Waals surface area (Å²) in [6, 6.07) is 0.479. The minimum atomic E-state index is -0.155. The van der Waals surface area contributed by atoms with Crippen molar-refractivity contribution in [3.05, 3.63) is 11.8 Å². The third kappa shape index (κ3) is 3.62. The molecule has 0 aromatic heterocycles. The van der Waals surface area contributed by atoms with Crippen molar-refractivity contribution >= 4 is 12.0 Å². The Kier molecular flexibility index (Phi) is 5.32. The Bertz CT molecular complexity index is 651. The number of hydrogen-bond acceptors (Lipinski definition) is 4. The quantitative estimate of drug-likeness (QED) is 0.741. The molecule has 3 saturated heterocycles. The van der Waals surface area contributed by atoms with E-state index >= 15 is 0 Å². The molecule has 6 heteroatoms. The first-order valence-electron chi connectivity index (χ1n) is 11.1. The molecule has 4 rings (SSSR count). The molecule has 4 aliphatic heterocycles. The lowest BCUT2D eigenvalue weighted by molar-refractivity contribution is -0.128. The lowest BCUT2D eigenvalue weighted by atomic mass is 9.77. The fourth-order valence-electron chi connectivity index (χ4n) is 5.72. The summed E-state index contributed by atoms with van der Waals surface area (Å²) in [5, 5.41) is 0. The van der Waals surface area contributed by atoms with Gasteiger partial charge in [-0.15, -0.1) is 0 Å². The summed E-state index contributed by atoms with van der Waals surface area (Å²) in [4.78, 5) is 31.3. The molecule has 3 fully saturated rings. The largest absolute Gasteiger partial charge is 0.450 e. The van der Waals surface area contributed by atoms with Crippen molar-refractivity contribution < 1.29 is 14.3 Å². The monoisotopic (exact) mass is 389 g/mol. The summed E-state index contributed by atoms with van der Waals surface area (Å²) in [7, 11) is 0. The van der Waals surface area contributed by atoms with Crippen LogP contribution in [0.1, 0.15) is 59.3 Å². The molecule has 0 aliphatic carbocycles. The molecule has 6 nitrogen and oxygen atoms in total. The van der Waals surface area contributed by atoms with E-state index in [9.17, 15) is 9.59 Å². The second-order valence-corrected chi connectivity index (χ2v) is 9.60. The summed E-state index contributed by atoms with van der Waals surface area (Å²) in [6.07, 6.45) is 8.14. The van der Waals surface area contributed by atoms with Crippen LogP contribution in [0, 0.1) is 11.3 Å². The van der Waals surface area contributed by atoms with Crippen LogP contribution in [0.4, 0.5) is 4.79 Å². The second-order valence-electron chi connectivity index (χ2n) is 9.60. The van der Waals surface area contributed by atoms with Gasteiger partial charge < -0.3 is 14.5 Å². The van der Waals surface area contributed by atoms with Gasteiger partial charge in [-0.1, -0.05) is 13.8 Å². The number of fused-ring (bicyclic) bond motifs is 2. The van der Waals surface area contributed by atoms with Crippen molar-refractivity contribution in [2.75, 3.05) is 32.8 Å². The van der Waals surface area contributed by atoms with Crippen LogP contribution in [0.25, 0.3) is 0 Å². The average Bonchev–Trinajstić information content (AvgIpc) is 3.08. The van der Waals surface area contributed by atoms with Gasteiger partial charge in [0.1, 0.15) is 0 Å². The standard InChI is InChI=1S/C22H35N3O3/c1-4-28-21(27)25-17-5-6-18(25)12-19(11-17)23-9-7-22(8-10-23)13-20(26)24(15-22)14-16(2)3/h11,16-18H,4-10,12-15H2,1-3H3. The van der Waals surface area contributed by atoms with E-state index in [1.54, 1.807) is 0 Å². The molecule has 0 N–H and O–H groups in total. The highest BCUT2D eigenvalue weighted by Gasteiger charge is 2.46. The fourth-order valence-corrected chi connectivity index (χ4v) is 5.72. The molecule has 4 heterocycles. The maximum atomic E-state index is 12.5. The Labute approximate surface area is 168 Å². The van der Waals surface area contributed by atoms with Crippen molar-refractivity contribution in [3.8, 4) is 0 Å². The minimum Gasteiger partial charge on any atom is -0.450 e. The zero-order chi connectivity index (χ0) is 19.9. The van der Waals surface area contributed by atoms with Gasteiger partial charge in [-0.05, 0) is 44.6 Å². The molecule has 0 aromatic rings. The predicted molar refractivity (Wildman–Crippen MR) is 108 cm³/mol. The van der Waals surface area contributed by atoms with Crippen molar-refractivity contribution in [2.24, 2.45) is 11.3 Å². The van der Waals surface area contributed by atoms with Crippen molar-refractivity contribution in [3.63, 3.8) is 0 Å². The van der Waals surface area contributed by atoms with Crippen LogP contribution in [-0.4, -0.2) is 71.6 Å². The predicted octanol–water partition coefficient (Wildman–Crippen LogP) is 3.23. The third-order valence-corrected chi connectivity index (χ3v) is 7.08. The van der Waals surface area contributed by atoms with Crippen molar-refractivity contribution in [1.29, 1.82) is 0 Å². The molecular formula is C22H35N3O3. The summed E-state index contributed by atoms with van der Waals surface area (Å²) in [5.74, 6) is 0.881. The zero-order valence-electron chi connectivity index (χ0n) is 17.7. The highest BCUT2D eigenvalue weighted by molar-refractivity contribution is 5.79. The van der Waals surface area contributed by atoms with E-state index in [1.807, 2.05) is 11.8 Å². The van der Waals surface area contributed by atoms with E-state index in [-0.39, 0.29) is 23.6 Å².